The molecule has 1 saturated carbocycles. The molecule has 0 spiro atoms. The van der Waals surface area contributed by atoms with Crippen LogP contribution in [0, 0.1) is 5.92 Å². The monoisotopic (exact) mass is 223 g/mol. The summed E-state index contributed by atoms with van der Waals surface area (Å²) in [5.74, 6) is 0.800. The zero-order chi connectivity index (χ0) is 9.41. The maximum absolute atomic E-state index is 8.95. The van der Waals surface area contributed by atoms with Gasteiger partial charge in [-0.1, -0.05) is 25.7 Å². The summed E-state index contributed by atoms with van der Waals surface area (Å²) in [4.78, 5) is 0. The molecule has 0 aromatic heterocycles. The van der Waals surface area contributed by atoms with E-state index in [2.05, 4.69) is 19.6 Å². The van der Waals surface area contributed by atoms with Crippen LogP contribution in [-0.2, 0) is 0 Å². The summed E-state index contributed by atoms with van der Waals surface area (Å²) in [5.41, 5.74) is 5.66. The first kappa shape index (κ1) is 13.4. The van der Waals surface area contributed by atoms with Crippen molar-refractivity contribution in [3.05, 3.63) is 0 Å². The first-order chi connectivity index (χ1) is 5.35. The second-order valence-electron chi connectivity index (χ2n) is 5.56. The van der Waals surface area contributed by atoms with Gasteiger partial charge in [-0.2, -0.15) is 0 Å². The van der Waals surface area contributed by atoms with Crippen molar-refractivity contribution in [2.75, 3.05) is 6.61 Å². The van der Waals surface area contributed by atoms with Gasteiger partial charge in [-0.05, 0) is 18.8 Å². The van der Waals surface area contributed by atoms with E-state index in [1.54, 1.807) is 0 Å². The molecule has 1 aliphatic rings. The van der Waals surface area contributed by atoms with Gasteiger partial charge in [0.1, 0.15) is 0 Å². The lowest BCUT2D eigenvalue weighted by Gasteiger charge is -2.45. The van der Waals surface area contributed by atoms with Gasteiger partial charge in [0.2, 0.25) is 0 Å². The standard InChI is InChI=1S/C9H21NOSi.ClH/c1-12(2,3)6-8-4-9(10,5-8)7-11;/h8,11H,4-7,10H2,1-3H3;1H. The molecule has 4 heteroatoms. The van der Waals surface area contributed by atoms with Gasteiger partial charge in [0.15, 0.2) is 0 Å². The van der Waals surface area contributed by atoms with Crippen LogP contribution >= 0.6 is 12.4 Å². The molecule has 0 radical (unpaired) electrons. The molecule has 1 fully saturated rings. The van der Waals surface area contributed by atoms with Gasteiger partial charge in [0, 0.05) is 13.6 Å². The van der Waals surface area contributed by atoms with Crippen molar-refractivity contribution >= 4 is 20.5 Å². The quantitative estimate of drug-likeness (QED) is 0.718. The molecule has 1 rings (SSSR count). The maximum Gasteiger partial charge on any atom is 0.0611 e. The zero-order valence-electron chi connectivity index (χ0n) is 8.84. The molecule has 0 saturated heterocycles. The van der Waals surface area contributed by atoms with E-state index >= 15 is 0 Å². The first-order valence-electron chi connectivity index (χ1n) is 4.74. The van der Waals surface area contributed by atoms with E-state index in [0.717, 1.165) is 18.8 Å². The predicted molar refractivity (Wildman–Crippen MR) is 62.1 cm³/mol. The fourth-order valence-electron chi connectivity index (χ4n) is 2.23. The van der Waals surface area contributed by atoms with Crippen LogP contribution in [0.15, 0.2) is 0 Å². The molecule has 3 N–H and O–H groups in total. The molecular formula is C9H22ClNOSi. The fraction of sp³-hybridized carbons (Fsp3) is 1.00. The minimum atomic E-state index is -0.902. The highest BCUT2D eigenvalue weighted by Gasteiger charge is 2.41. The highest BCUT2D eigenvalue weighted by molar-refractivity contribution is 6.76. The summed E-state index contributed by atoms with van der Waals surface area (Å²) in [6.07, 6.45) is 2.07. The van der Waals surface area contributed by atoms with Crippen LogP contribution < -0.4 is 5.73 Å². The van der Waals surface area contributed by atoms with Crippen LogP contribution in [0.1, 0.15) is 12.8 Å². The van der Waals surface area contributed by atoms with Crippen molar-refractivity contribution in [3.63, 3.8) is 0 Å². The molecule has 0 aliphatic heterocycles. The summed E-state index contributed by atoms with van der Waals surface area (Å²) >= 11 is 0. The fourth-order valence-corrected chi connectivity index (χ4v) is 4.25. The molecular weight excluding hydrogens is 202 g/mol. The summed E-state index contributed by atoms with van der Waals surface area (Å²) in [5, 5.41) is 8.95. The molecule has 1 aliphatic carbocycles. The van der Waals surface area contributed by atoms with Crippen LogP contribution in [-0.4, -0.2) is 25.3 Å². The Kier molecular flexibility index (Phi) is 4.44. The molecule has 0 bridgehead atoms. The molecule has 0 aromatic rings. The third-order valence-electron chi connectivity index (χ3n) is 2.61. The molecule has 0 aromatic carbocycles. The summed E-state index contributed by atoms with van der Waals surface area (Å²) in [6, 6.07) is 1.37. The Morgan fingerprint density at radius 1 is 1.38 bits per heavy atom. The topological polar surface area (TPSA) is 46.2 Å². The third kappa shape index (κ3) is 3.98. The minimum Gasteiger partial charge on any atom is -0.394 e. The maximum atomic E-state index is 8.95. The molecule has 0 unspecified atom stereocenters. The van der Waals surface area contributed by atoms with Crippen LogP contribution in [0.4, 0.5) is 0 Å². The van der Waals surface area contributed by atoms with Crippen LogP contribution in [0.3, 0.4) is 0 Å². The lowest BCUT2D eigenvalue weighted by atomic mass is 9.70. The number of hydrogen-bond donors (Lipinski definition) is 2. The highest BCUT2D eigenvalue weighted by atomic mass is 35.5. The second-order valence-corrected chi connectivity index (χ2v) is 11.1. The van der Waals surface area contributed by atoms with Crippen LogP contribution in [0.2, 0.25) is 25.7 Å². The number of nitrogens with two attached hydrogens (primary N) is 1. The van der Waals surface area contributed by atoms with Gasteiger partial charge in [-0.25, -0.2) is 0 Å². The Balaban J connectivity index is 0.00000144. The smallest absolute Gasteiger partial charge is 0.0611 e. The van der Waals surface area contributed by atoms with Crippen LogP contribution in [0.25, 0.3) is 0 Å². The highest BCUT2D eigenvalue weighted by Crippen LogP contribution is 2.40. The number of hydrogen-bond acceptors (Lipinski definition) is 2. The molecule has 80 valence electrons. The summed E-state index contributed by atoms with van der Waals surface area (Å²) < 4.78 is 0. The normalized spacial score (nSPS) is 33.5. The van der Waals surface area contributed by atoms with E-state index in [1.165, 1.54) is 6.04 Å². The lowest BCUT2D eigenvalue weighted by molar-refractivity contribution is 0.0812. The Morgan fingerprint density at radius 3 is 2.15 bits per heavy atom. The van der Waals surface area contributed by atoms with Gasteiger partial charge in [0.05, 0.1) is 6.61 Å². The zero-order valence-corrected chi connectivity index (χ0v) is 10.7. The number of rotatable bonds is 3. The van der Waals surface area contributed by atoms with Gasteiger partial charge >= 0.3 is 0 Å². The Bertz CT molecular complexity index is 163. The van der Waals surface area contributed by atoms with Gasteiger partial charge in [-0.3, -0.25) is 0 Å². The minimum absolute atomic E-state index is 0. The third-order valence-corrected chi connectivity index (χ3v) is 4.41. The van der Waals surface area contributed by atoms with Crippen LogP contribution in [0.5, 0.6) is 0 Å². The Morgan fingerprint density at radius 2 is 1.85 bits per heavy atom. The predicted octanol–water partition coefficient (Wildman–Crippen LogP) is 1.85. The molecule has 2 nitrogen and oxygen atoms in total. The van der Waals surface area contributed by atoms with Crippen molar-refractivity contribution < 1.29 is 5.11 Å². The van der Waals surface area contributed by atoms with Crippen molar-refractivity contribution in [1.82, 2.24) is 0 Å². The first-order valence-corrected chi connectivity index (χ1v) is 8.45. The summed E-state index contributed by atoms with van der Waals surface area (Å²) in [7, 11) is -0.902. The van der Waals surface area contributed by atoms with E-state index in [4.69, 9.17) is 10.8 Å². The van der Waals surface area contributed by atoms with Crippen molar-refractivity contribution in [2.24, 2.45) is 11.7 Å². The second kappa shape index (κ2) is 4.30. The average Bonchev–Trinajstić information content (AvgIpc) is 1.81. The van der Waals surface area contributed by atoms with E-state index in [0.29, 0.717) is 0 Å². The van der Waals surface area contributed by atoms with Crippen molar-refractivity contribution in [3.8, 4) is 0 Å². The van der Waals surface area contributed by atoms with E-state index in [-0.39, 0.29) is 24.6 Å². The molecule has 0 heterocycles. The number of aliphatic hydroxyl groups is 1. The van der Waals surface area contributed by atoms with E-state index in [9.17, 15) is 0 Å². The Hall–Kier alpha value is 0.427. The largest absolute Gasteiger partial charge is 0.394 e. The number of halogens is 1. The number of aliphatic hydroxyl groups excluding tert-OH is 1. The molecule has 13 heavy (non-hydrogen) atoms. The van der Waals surface area contributed by atoms with Gasteiger partial charge < -0.3 is 10.8 Å². The van der Waals surface area contributed by atoms with Crippen molar-refractivity contribution in [1.29, 1.82) is 0 Å². The van der Waals surface area contributed by atoms with E-state index in [1.807, 2.05) is 0 Å². The summed E-state index contributed by atoms with van der Waals surface area (Å²) in [6.45, 7) is 7.34. The SMILES string of the molecule is C[Si](C)(C)CC1CC(N)(CO)C1.Cl. The van der Waals surface area contributed by atoms with Gasteiger partial charge in [0.25, 0.3) is 0 Å². The van der Waals surface area contributed by atoms with Crippen molar-refractivity contribution in [2.45, 2.75) is 44.1 Å². The lowest BCUT2D eigenvalue weighted by Crippen LogP contribution is -2.55. The van der Waals surface area contributed by atoms with Gasteiger partial charge in [-0.15, -0.1) is 12.4 Å². The van der Waals surface area contributed by atoms with E-state index < -0.39 is 8.07 Å². The average molecular weight is 224 g/mol. The molecule has 0 amide bonds. The molecule has 0 atom stereocenters. The Labute approximate surface area is 88.3 Å².